The van der Waals surface area contributed by atoms with Crippen LogP contribution in [-0.4, -0.2) is 33.1 Å². The Morgan fingerprint density at radius 3 is 2.29 bits per heavy atom. The molecule has 5 heteroatoms. The molecule has 0 unspecified atom stereocenters. The van der Waals surface area contributed by atoms with Gasteiger partial charge in [-0.2, -0.15) is 10.2 Å². The number of benzene rings is 1. The van der Waals surface area contributed by atoms with Crippen molar-refractivity contribution in [2.45, 2.75) is 40.0 Å². The molecule has 0 amide bonds. The van der Waals surface area contributed by atoms with Gasteiger partial charge in [-0.25, -0.2) is 4.68 Å². The van der Waals surface area contributed by atoms with Gasteiger partial charge in [-0.05, 0) is 52.2 Å². The SMILES string of the molecule is Cc1ccc(-n2nc3c(N4CCCCC4)nnc(C)c3c2C)cc1. The molecule has 124 valence electrons. The standard InChI is InChI=1S/C19H23N5/c1-13-7-9-16(10-8-13)24-15(3)17-14(2)20-21-19(18(17)22-24)23-11-5-4-6-12-23/h7-10H,4-6,11-12H2,1-3H3. The molecule has 1 aliphatic heterocycles. The summed E-state index contributed by atoms with van der Waals surface area (Å²) in [7, 11) is 0. The van der Waals surface area contributed by atoms with Crippen LogP contribution in [0.1, 0.15) is 36.2 Å². The Morgan fingerprint density at radius 2 is 1.58 bits per heavy atom. The topological polar surface area (TPSA) is 46.8 Å². The minimum atomic E-state index is 0.935. The van der Waals surface area contributed by atoms with Crippen molar-refractivity contribution in [2.24, 2.45) is 0 Å². The Labute approximate surface area is 142 Å². The summed E-state index contributed by atoms with van der Waals surface area (Å²) in [6, 6.07) is 8.47. The molecule has 0 saturated carbocycles. The Morgan fingerprint density at radius 1 is 0.875 bits per heavy atom. The van der Waals surface area contributed by atoms with Crippen LogP contribution in [0.25, 0.3) is 16.6 Å². The molecule has 1 aliphatic rings. The van der Waals surface area contributed by atoms with E-state index in [1.165, 1.54) is 24.8 Å². The quantitative estimate of drug-likeness (QED) is 0.721. The van der Waals surface area contributed by atoms with Gasteiger partial charge in [-0.1, -0.05) is 17.7 Å². The van der Waals surface area contributed by atoms with Crippen LogP contribution in [0.2, 0.25) is 0 Å². The van der Waals surface area contributed by atoms with E-state index in [0.717, 1.165) is 46.9 Å². The summed E-state index contributed by atoms with van der Waals surface area (Å²) in [5.41, 5.74) is 5.38. The van der Waals surface area contributed by atoms with Crippen molar-refractivity contribution in [2.75, 3.05) is 18.0 Å². The van der Waals surface area contributed by atoms with Crippen LogP contribution in [0.5, 0.6) is 0 Å². The number of anilines is 1. The maximum Gasteiger partial charge on any atom is 0.179 e. The van der Waals surface area contributed by atoms with E-state index >= 15 is 0 Å². The monoisotopic (exact) mass is 321 g/mol. The van der Waals surface area contributed by atoms with Crippen LogP contribution in [0, 0.1) is 20.8 Å². The molecule has 0 aliphatic carbocycles. The molecule has 0 spiro atoms. The highest BCUT2D eigenvalue weighted by Gasteiger charge is 2.21. The number of fused-ring (bicyclic) bond motifs is 1. The molecule has 0 bridgehead atoms. The third-order valence-corrected chi connectivity index (χ3v) is 4.92. The number of rotatable bonds is 2. The highest BCUT2D eigenvalue weighted by molar-refractivity contribution is 5.92. The molecule has 24 heavy (non-hydrogen) atoms. The molecule has 2 aromatic heterocycles. The lowest BCUT2D eigenvalue weighted by Gasteiger charge is -2.27. The predicted molar refractivity (Wildman–Crippen MR) is 96.9 cm³/mol. The molecule has 3 heterocycles. The summed E-state index contributed by atoms with van der Waals surface area (Å²) in [6.07, 6.45) is 3.74. The Balaban J connectivity index is 1.89. The lowest BCUT2D eigenvalue weighted by molar-refractivity contribution is 0.572. The molecule has 0 N–H and O–H groups in total. The second kappa shape index (κ2) is 5.89. The van der Waals surface area contributed by atoms with Crippen molar-refractivity contribution in [1.82, 2.24) is 20.0 Å². The Hall–Kier alpha value is -2.43. The van der Waals surface area contributed by atoms with Gasteiger partial charge in [-0.3, -0.25) is 0 Å². The van der Waals surface area contributed by atoms with Crippen LogP contribution in [-0.2, 0) is 0 Å². The number of aromatic nitrogens is 4. The second-order valence-corrected chi connectivity index (χ2v) is 6.71. The number of aryl methyl sites for hydroxylation is 3. The van der Waals surface area contributed by atoms with E-state index < -0.39 is 0 Å². The summed E-state index contributed by atoms with van der Waals surface area (Å²) in [4.78, 5) is 2.34. The van der Waals surface area contributed by atoms with Crippen molar-refractivity contribution in [1.29, 1.82) is 0 Å². The van der Waals surface area contributed by atoms with E-state index in [1.54, 1.807) is 0 Å². The lowest BCUT2D eigenvalue weighted by Crippen LogP contribution is -2.30. The second-order valence-electron chi connectivity index (χ2n) is 6.71. The van der Waals surface area contributed by atoms with Gasteiger partial charge in [0.15, 0.2) is 5.82 Å². The van der Waals surface area contributed by atoms with E-state index in [4.69, 9.17) is 5.10 Å². The molecule has 0 radical (unpaired) electrons. The van der Waals surface area contributed by atoms with Crippen molar-refractivity contribution in [3.63, 3.8) is 0 Å². The molecule has 0 atom stereocenters. The molecule has 1 aromatic carbocycles. The molecule has 5 nitrogen and oxygen atoms in total. The van der Waals surface area contributed by atoms with E-state index in [2.05, 4.69) is 53.2 Å². The first-order valence-corrected chi connectivity index (χ1v) is 8.70. The van der Waals surface area contributed by atoms with Crippen molar-refractivity contribution in [3.05, 3.63) is 41.2 Å². The maximum atomic E-state index is 4.92. The van der Waals surface area contributed by atoms with Gasteiger partial charge < -0.3 is 4.90 Å². The highest BCUT2D eigenvalue weighted by Crippen LogP contribution is 2.30. The third kappa shape index (κ3) is 2.44. The number of nitrogens with zero attached hydrogens (tertiary/aromatic N) is 5. The average Bonchev–Trinajstić information content (AvgIpc) is 2.95. The third-order valence-electron chi connectivity index (χ3n) is 4.92. The average molecular weight is 321 g/mol. The predicted octanol–water partition coefficient (Wildman–Crippen LogP) is 3.73. The molecule has 4 rings (SSSR count). The van der Waals surface area contributed by atoms with E-state index in [1.807, 2.05) is 11.6 Å². The van der Waals surface area contributed by atoms with Gasteiger partial charge >= 0.3 is 0 Å². The highest BCUT2D eigenvalue weighted by atomic mass is 15.3. The molecular weight excluding hydrogens is 298 g/mol. The summed E-state index contributed by atoms with van der Waals surface area (Å²) >= 11 is 0. The zero-order valence-electron chi connectivity index (χ0n) is 14.6. The van der Waals surface area contributed by atoms with Crippen molar-refractivity contribution >= 4 is 16.7 Å². The fourth-order valence-corrected chi connectivity index (χ4v) is 3.57. The zero-order chi connectivity index (χ0) is 16.7. The largest absolute Gasteiger partial charge is 0.353 e. The van der Waals surface area contributed by atoms with Crippen LogP contribution in [0.4, 0.5) is 5.82 Å². The summed E-state index contributed by atoms with van der Waals surface area (Å²) in [5.74, 6) is 0.935. The van der Waals surface area contributed by atoms with E-state index in [0.29, 0.717) is 0 Å². The van der Waals surface area contributed by atoms with Gasteiger partial charge in [0, 0.05) is 13.1 Å². The molecule has 1 fully saturated rings. The first-order valence-electron chi connectivity index (χ1n) is 8.70. The van der Waals surface area contributed by atoms with Crippen molar-refractivity contribution in [3.8, 4) is 5.69 Å². The number of piperidine rings is 1. The number of hydrogen-bond acceptors (Lipinski definition) is 4. The first-order chi connectivity index (χ1) is 11.6. The van der Waals surface area contributed by atoms with Crippen LogP contribution >= 0.6 is 0 Å². The van der Waals surface area contributed by atoms with Crippen LogP contribution in [0.15, 0.2) is 24.3 Å². The molecule has 3 aromatic rings. The lowest BCUT2D eigenvalue weighted by atomic mass is 10.1. The van der Waals surface area contributed by atoms with E-state index in [-0.39, 0.29) is 0 Å². The Bertz CT molecular complexity index is 873. The summed E-state index contributed by atoms with van der Waals surface area (Å²) < 4.78 is 2.02. The fraction of sp³-hybridized carbons (Fsp3) is 0.421. The molecular formula is C19H23N5. The van der Waals surface area contributed by atoms with Gasteiger partial charge in [0.2, 0.25) is 0 Å². The van der Waals surface area contributed by atoms with Crippen LogP contribution < -0.4 is 4.90 Å². The van der Waals surface area contributed by atoms with E-state index in [9.17, 15) is 0 Å². The van der Waals surface area contributed by atoms with Crippen molar-refractivity contribution < 1.29 is 0 Å². The fourth-order valence-electron chi connectivity index (χ4n) is 3.57. The normalized spacial score (nSPS) is 15.2. The van der Waals surface area contributed by atoms with Gasteiger partial charge in [0.05, 0.1) is 22.5 Å². The minimum Gasteiger partial charge on any atom is -0.353 e. The van der Waals surface area contributed by atoms with Gasteiger partial charge in [0.25, 0.3) is 0 Å². The summed E-state index contributed by atoms with van der Waals surface area (Å²) in [5, 5.41) is 15.0. The summed E-state index contributed by atoms with van der Waals surface area (Å²) in [6.45, 7) is 8.32. The Kier molecular flexibility index (Phi) is 3.71. The molecule has 1 saturated heterocycles. The maximum absolute atomic E-state index is 4.92. The van der Waals surface area contributed by atoms with Gasteiger partial charge in [-0.15, -0.1) is 5.10 Å². The van der Waals surface area contributed by atoms with Gasteiger partial charge in [0.1, 0.15) is 5.52 Å². The number of hydrogen-bond donors (Lipinski definition) is 0. The zero-order valence-corrected chi connectivity index (χ0v) is 14.6. The smallest absolute Gasteiger partial charge is 0.179 e. The minimum absolute atomic E-state index is 0.935. The van der Waals surface area contributed by atoms with Crippen LogP contribution in [0.3, 0.4) is 0 Å². The first kappa shape index (κ1) is 15.1.